The van der Waals surface area contributed by atoms with Gasteiger partial charge in [0.15, 0.2) is 8.32 Å². The van der Waals surface area contributed by atoms with Gasteiger partial charge in [-0.25, -0.2) is 0 Å². The molecule has 0 spiro atoms. The predicted octanol–water partition coefficient (Wildman–Crippen LogP) is 4.55. The molecule has 0 aromatic carbocycles. The average Bonchev–Trinajstić information content (AvgIpc) is 2.73. The van der Waals surface area contributed by atoms with Crippen LogP contribution in [-0.2, 0) is 37.6 Å². The highest BCUT2D eigenvalue weighted by atomic mass is 28.4. The third-order valence-corrected chi connectivity index (χ3v) is 12.4. The van der Waals surface area contributed by atoms with Gasteiger partial charge in [-0.3, -0.25) is 4.79 Å². The molecule has 2 aliphatic heterocycles. The predicted molar refractivity (Wildman–Crippen MR) is 137 cm³/mol. The monoisotopic (exact) mass is 518 g/mol. The number of hydrogen-bond donors (Lipinski definition) is 0. The van der Waals surface area contributed by atoms with Crippen LogP contribution in [0.15, 0.2) is 0 Å². The second-order valence-corrected chi connectivity index (χ2v) is 17.8. The molecule has 0 N–H and O–H groups in total. The molecule has 8 nitrogen and oxygen atoms in total. The highest BCUT2D eigenvalue weighted by Crippen LogP contribution is 2.44. The van der Waals surface area contributed by atoms with Crippen molar-refractivity contribution >= 4 is 14.3 Å². The van der Waals surface area contributed by atoms with Crippen LogP contribution in [0.4, 0.5) is 0 Å². The van der Waals surface area contributed by atoms with Crippen molar-refractivity contribution in [2.24, 2.45) is 10.8 Å². The van der Waals surface area contributed by atoms with E-state index in [-0.39, 0.29) is 54.2 Å². The van der Waals surface area contributed by atoms with Crippen LogP contribution < -0.4 is 0 Å². The van der Waals surface area contributed by atoms with Crippen molar-refractivity contribution < 1.29 is 37.6 Å². The normalized spacial score (nSPS) is 30.5. The minimum atomic E-state index is -1.92. The lowest BCUT2D eigenvalue weighted by molar-refractivity contribution is -0.332. The molecule has 0 bridgehead atoms. The molecule has 2 saturated heterocycles. The summed E-state index contributed by atoms with van der Waals surface area (Å²) in [5, 5.41) is 0.120. The Morgan fingerprint density at radius 3 is 2.20 bits per heavy atom. The van der Waals surface area contributed by atoms with E-state index in [1.54, 1.807) is 14.2 Å². The Labute approximate surface area is 213 Å². The third-order valence-electron chi connectivity index (χ3n) is 7.91. The third kappa shape index (κ3) is 7.27. The SMILES string of the molecule is CO[C@H](CO[Si](C)(C)C(C)(C)C)C[C@H]1O[C@H]2[C@H](OCO[C@@H]2COC(=O)C(C)(C)C)[C@@H](OC)C1(C)C. The molecule has 6 atom stereocenters. The Hall–Kier alpha value is -0.553. The Bertz CT molecular complexity index is 696. The Kier molecular flexibility index (Phi) is 10.0. The summed E-state index contributed by atoms with van der Waals surface area (Å²) in [4.78, 5) is 12.4. The summed E-state index contributed by atoms with van der Waals surface area (Å²) >= 11 is 0. The number of rotatable bonds is 9. The van der Waals surface area contributed by atoms with E-state index >= 15 is 0 Å². The minimum absolute atomic E-state index is 0.101. The zero-order chi connectivity index (χ0) is 26.8. The minimum Gasteiger partial charge on any atom is -0.462 e. The summed E-state index contributed by atoms with van der Waals surface area (Å²) in [6.07, 6.45) is -1.13. The molecule has 2 heterocycles. The van der Waals surface area contributed by atoms with Crippen LogP contribution in [0.3, 0.4) is 0 Å². The number of ether oxygens (including phenoxy) is 6. The maximum absolute atomic E-state index is 12.4. The van der Waals surface area contributed by atoms with Crippen molar-refractivity contribution in [3.63, 3.8) is 0 Å². The van der Waals surface area contributed by atoms with Crippen LogP contribution in [0.25, 0.3) is 0 Å². The summed E-state index contributed by atoms with van der Waals surface area (Å²) in [5.41, 5.74) is -0.943. The molecule has 2 aliphatic rings. The van der Waals surface area contributed by atoms with E-state index in [0.717, 1.165) is 0 Å². The Morgan fingerprint density at radius 2 is 1.69 bits per heavy atom. The van der Waals surface area contributed by atoms with Crippen molar-refractivity contribution in [1.29, 1.82) is 0 Å². The second-order valence-electron chi connectivity index (χ2n) is 13.0. The van der Waals surface area contributed by atoms with Gasteiger partial charge in [0.05, 0.1) is 30.3 Å². The first-order valence-electron chi connectivity index (χ1n) is 12.7. The van der Waals surface area contributed by atoms with Gasteiger partial charge in [0.1, 0.15) is 31.7 Å². The van der Waals surface area contributed by atoms with Crippen LogP contribution in [0.1, 0.15) is 61.8 Å². The zero-order valence-corrected chi connectivity index (χ0v) is 25.1. The first-order valence-corrected chi connectivity index (χ1v) is 15.6. The Morgan fingerprint density at radius 1 is 1.06 bits per heavy atom. The van der Waals surface area contributed by atoms with Gasteiger partial charge >= 0.3 is 5.97 Å². The number of esters is 1. The molecule has 2 rings (SSSR count). The fourth-order valence-electron chi connectivity index (χ4n) is 4.31. The van der Waals surface area contributed by atoms with Gasteiger partial charge in [-0.15, -0.1) is 0 Å². The van der Waals surface area contributed by atoms with E-state index in [9.17, 15) is 4.79 Å². The van der Waals surface area contributed by atoms with E-state index in [4.69, 9.17) is 32.8 Å². The topological polar surface area (TPSA) is 81.7 Å². The molecule has 0 unspecified atom stereocenters. The quantitative estimate of drug-likeness (QED) is 0.325. The van der Waals surface area contributed by atoms with Crippen molar-refractivity contribution in [2.45, 2.75) is 117 Å². The highest BCUT2D eigenvalue weighted by molar-refractivity contribution is 6.74. The first kappa shape index (κ1) is 30.7. The number of carbonyl (C=O) groups excluding carboxylic acids is 1. The summed E-state index contributed by atoms with van der Waals surface area (Å²) in [6, 6.07) is 0. The largest absolute Gasteiger partial charge is 0.462 e. The Balaban J connectivity index is 2.17. The molecular formula is C26H50O8Si. The molecule has 0 aliphatic carbocycles. The van der Waals surface area contributed by atoms with Gasteiger partial charge in [0, 0.05) is 26.1 Å². The molecule has 0 radical (unpaired) electrons. The van der Waals surface area contributed by atoms with E-state index < -0.39 is 25.9 Å². The molecule has 206 valence electrons. The van der Waals surface area contributed by atoms with Crippen LogP contribution in [-0.4, -0.2) is 85.1 Å². The number of methoxy groups -OCH3 is 2. The van der Waals surface area contributed by atoms with Crippen LogP contribution in [0, 0.1) is 10.8 Å². The van der Waals surface area contributed by atoms with E-state index in [1.165, 1.54) is 0 Å². The number of hydrogen-bond acceptors (Lipinski definition) is 8. The maximum atomic E-state index is 12.4. The molecule has 0 saturated carbocycles. The average molecular weight is 519 g/mol. The van der Waals surface area contributed by atoms with Gasteiger partial charge in [-0.05, 0) is 38.9 Å². The smallest absolute Gasteiger partial charge is 0.311 e. The fourth-order valence-corrected chi connectivity index (χ4v) is 5.34. The molecule has 0 aromatic heterocycles. The highest BCUT2D eigenvalue weighted by Gasteiger charge is 2.56. The second kappa shape index (κ2) is 11.5. The lowest BCUT2D eigenvalue weighted by atomic mass is 9.72. The van der Waals surface area contributed by atoms with Crippen LogP contribution in [0.5, 0.6) is 0 Å². The van der Waals surface area contributed by atoms with Gasteiger partial charge < -0.3 is 32.8 Å². The van der Waals surface area contributed by atoms with Crippen molar-refractivity contribution in [3.8, 4) is 0 Å². The first-order chi connectivity index (χ1) is 16.0. The van der Waals surface area contributed by atoms with E-state index in [2.05, 4.69) is 47.7 Å². The van der Waals surface area contributed by atoms with Gasteiger partial charge in [0.2, 0.25) is 0 Å². The molecule has 0 aromatic rings. The molecule has 9 heteroatoms. The summed E-state index contributed by atoms with van der Waals surface area (Å²) in [5.74, 6) is -0.276. The molecule has 0 amide bonds. The molecular weight excluding hydrogens is 468 g/mol. The lowest BCUT2D eigenvalue weighted by Gasteiger charge is -2.54. The van der Waals surface area contributed by atoms with Gasteiger partial charge in [-0.1, -0.05) is 34.6 Å². The standard InChI is InChI=1S/C26H50O8Si/c1-24(2,3)23(27)30-15-18-20-21(32-16-31-18)22(29-10)26(7,8)19(34-20)13-17(28-9)14-33-35(11,12)25(4,5)6/h17-22H,13-16H2,1-12H3/t17-,18+,19+,20+,21-,22+/m0/s1. The summed E-state index contributed by atoms with van der Waals surface area (Å²) < 4.78 is 42.3. The number of carbonyl (C=O) groups is 1. The zero-order valence-electron chi connectivity index (χ0n) is 24.1. The fraction of sp³-hybridized carbons (Fsp3) is 0.962. The molecule has 2 fully saturated rings. The van der Waals surface area contributed by atoms with Crippen molar-refractivity contribution in [2.75, 3.05) is 34.2 Å². The van der Waals surface area contributed by atoms with Crippen LogP contribution in [0.2, 0.25) is 18.1 Å². The molecule has 35 heavy (non-hydrogen) atoms. The van der Waals surface area contributed by atoms with E-state index in [1.807, 2.05) is 20.8 Å². The van der Waals surface area contributed by atoms with Crippen molar-refractivity contribution in [3.05, 3.63) is 0 Å². The summed E-state index contributed by atoms with van der Waals surface area (Å²) in [7, 11) is 1.50. The maximum Gasteiger partial charge on any atom is 0.311 e. The number of fused-ring (bicyclic) bond motifs is 1. The van der Waals surface area contributed by atoms with Gasteiger partial charge in [-0.2, -0.15) is 0 Å². The van der Waals surface area contributed by atoms with Gasteiger partial charge in [0.25, 0.3) is 0 Å². The van der Waals surface area contributed by atoms with Crippen molar-refractivity contribution in [1.82, 2.24) is 0 Å². The lowest BCUT2D eigenvalue weighted by Crippen LogP contribution is -2.66. The van der Waals surface area contributed by atoms with Crippen LogP contribution >= 0.6 is 0 Å². The summed E-state index contributed by atoms with van der Waals surface area (Å²) in [6.45, 7) is 21.6. The van der Waals surface area contributed by atoms with E-state index in [0.29, 0.717) is 13.0 Å².